The van der Waals surface area contributed by atoms with E-state index in [2.05, 4.69) is 54.2 Å². The summed E-state index contributed by atoms with van der Waals surface area (Å²) in [6.07, 6.45) is 4.74. The van der Waals surface area contributed by atoms with Gasteiger partial charge in [-0.15, -0.1) is 0 Å². The summed E-state index contributed by atoms with van der Waals surface area (Å²) in [5.41, 5.74) is 9.85. The van der Waals surface area contributed by atoms with Gasteiger partial charge in [0.2, 0.25) is 0 Å². The minimum atomic E-state index is 0.232. The normalized spacial score (nSPS) is 12.1. The number of rotatable bonds is 7. The van der Waals surface area contributed by atoms with E-state index in [4.69, 9.17) is 5.73 Å². The maximum atomic E-state index is 6.11. The Kier molecular flexibility index (Phi) is 5.76. The Morgan fingerprint density at radius 2 is 1.90 bits per heavy atom. The van der Waals surface area contributed by atoms with Gasteiger partial charge in [0.1, 0.15) is 0 Å². The fourth-order valence-corrected chi connectivity index (χ4v) is 2.43. The summed E-state index contributed by atoms with van der Waals surface area (Å²) in [5, 5.41) is 0. The molecule has 1 aromatic heterocycles. The minimum Gasteiger partial charge on any atom is -0.374 e. The van der Waals surface area contributed by atoms with E-state index in [9.17, 15) is 0 Å². The van der Waals surface area contributed by atoms with Crippen molar-refractivity contribution in [1.29, 1.82) is 0 Å². The van der Waals surface area contributed by atoms with Gasteiger partial charge in [0.25, 0.3) is 0 Å². The summed E-state index contributed by atoms with van der Waals surface area (Å²) in [6, 6.07) is 14.8. The van der Waals surface area contributed by atoms with Crippen LogP contribution in [0.2, 0.25) is 0 Å². The average molecular weight is 283 g/mol. The van der Waals surface area contributed by atoms with Gasteiger partial charge in [-0.2, -0.15) is 0 Å². The van der Waals surface area contributed by atoms with Crippen molar-refractivity contribution in [3.05, 3.63) is 59.9 Å². The Balaban J connectivity index is 2.03. The molecule has 3 nitrogen and oxygen atoms in total. The molecule has 2 rings (SSSR count). The highest BCUT2D eigenvalue weighted by Crippen LogP contribution is 2.21. The number of nitrogens with zero attached hydrogens (tertiary/aromatic N) is 2. The molecule has 0 radical (unpaired) electrons. The van der Waals surface area contributed by atoms with Crippen LogP contribution in [0.15, 0.2) is 48.7 Å². The molecule has 2 aromatic rings. The second-order valence-corrected chi connectivity index (χ2v) is 5.49. The average Bonchev–Trinajstić information content (AvgIpc) is 2.54. The molecule has 2 N–H and O–H groups in total. The fourth-order valence-electron chi connectivity index (χ4n) is 2.43. The van der Waals surface area contributed by atoms with Gasteiger partial charge in [0.05, 0.1) is 0 Å². The number of hydrogen-bond donors (Lipinski definition) is 1. The zero-order valence-electron chi connectivity index (χ0n) is 13.0. The first kappa shape index (κ1) is 15.5. The predicted octanol–water partition coefficient (Wildman–Crippen LogP) is 3.04. The molecule has 1 aromatic carbocycles. The van der Waals surface area contributed by atoms with Gasteiger partial charge < -0.3 is 10.6 Å². The van der Waals surface area contributed by atoms with E-state index in [0.29, 0.717) is 0 Å². The number of aromatic nitrogens is 1. The van der Waals surface area contributed by atoms with Crippen LogP contribution in [0, 0.1) is 0 Å². The summed E-state index contributed by atoms with van der Waals surface area (Å²) < 4.78 is 0. The number of pyridine rings is 1. The Hall–Kier alpha value is -1.87. The van der Waals surface area contributed by atoms with E-state index in [-0.39, 0.29) is 6.04 Å². The monoisotopic (exact) mass is 283 g/mol. The lowest BCUT2D eigenvalue weighted by atomic mass is 10.0. The lowest BCUT2D eigenvalue weighted by Gasteiger charge is -2.23. The largest absolute Gasteiger partial charge is 0.374 e. The van der Waals surface area contributed by atoms with Crippen LogP contribution >= 0.6 is 0 Å². The molecule has 0 aliphatic heterocycles. The zero-order valence-corrected chi connectivity index (χ0v) is 13.0. The van der Waals surface area contributed by atoms with Crippen LogP contribution in [0.1, 0.15) is 24.6 Å². The van der Waals surface area contributed by atoms with Crippen LogP contribution in [0.25, 0.3) is 0 Å². The van der Waals surface area contributed by atoms with Crippen molar-refractivity contribution in [2.24, 2.45) is 5.73 Å². The van der Waals surface area contributed by atoms with Gasteiger partial charge in [-0.05, 0) is 36.6 Å². The van der Waals surface area contributed by atoms with Crippen LogP contribution in [-0.2, 0) is 12.8 Å². The van der Waals surface area contributed by atoms with E-state index in [1.165, 1.54) is 11.3 Å². The standard InChI is InChI=1S/C18H25N3/c1-3-16(19)14-15-8-4-5-10-18(15)21(2)13-11-17-9-6-7-12-20-17/h4-10,12,16H,3,11,13-14,19H2,1-2H3. The summed E-state index contributed by atoms with van der Waals surface area (Å²) in [6.45, 7) is 3.09. The molecule has 0 fully saturated rings. The van der Waals surface area contributed by atoms with E-state index < -0.39 is 0 Å². The summed E-state index contributed by atoms with van der Waals surface area (Å²) in [4.78, 5) is 6.68. The lowest BCUT2D eigenvalue weighted by Crippen LogP contribution is -2.25. The fraction of sp³-hybridized carbons (Fsp3) is 0.389. The molecule has 0 spiro atoms. The van der Waals surface area contributed by atoms with E-state index >= 15 is 0 Å². The molecule has 21 heavy (non-hydrogen) atoms. The number of anilines is 1. The second kappa shape index (κ2) is 7.79. The molecule has 1 atom stereocenters. The highest BCUT2D eigenvalue weighted by molar-refractivity contribution is 5.53. The Morgan fingerprint density at radius 1 is 1.14 bits per heavy atom. The minimum absolute atomic E-state index is 0.232. The second-order valence-electron chi connectivity index (χ2n) is 5.49. The molecule has 0 saturated heterocycles. The number of hydrogen-bond acceptors (Lipinski definition) is 3. The van der Waals surface area contributed by atoms with Crippen LogP contribution in [0.3, 0.4) is 0 Å². The SMILES string of the molecule is CCC(N)Cc1ccccc1N(C)CCc1ccccn1. The van der Waals surface area contributed by atoms with E-state index in [0.717, 1.165) is 31.5 Å². The molecule has 112 valence electrons. The third-order valence-corrected chi connectivity index (χ3v) is 3.84. The topological polar surface area (TPSA) is 42.1 Å². The van der Waals surface area contributed by atoms with Gasteiger partial charge in [-0.25, -0.2) is 0 Å². The summed E-state index contributed by atoms with van der Waals surface area (Å²) in [7, 11) is 2.14. The van der Waals surface area contributed by atoms with Crippen molar-refractivity contribution in [3.63, 3.8) is 0 Å². The molecule has 0 amide bonds. The molecule has 0 saturated carbocycles. The van der Waals surface area contributed by atoms with Gasteiger partial charge in [0.15, 0.2) is 0 Å². The number of benzene rings is 1. The van der Waals surface area contributed by atoms with Crippen LogP contribution in [0.5, 0.6) is 0 Å². The number of likely N-dealkylation sites (N-methyl/N-ethyl adjacent to an activating group) is 1. The predicted molar refractivity (Wildman–Crippen MR) is 89.6 cm³/mol. The van der Waals surface area contributed by atoms with Gasteiger partial charge in [-0.1, -0.05) is 31.2 Å². The first-order chi connectivity index (χ1) is 10.2. The molecular formula is C18H25N3. The molecule has 0 aliphatic carbocycles. The molecular weight excluding hydrogens is 258 g/mol. The van der Waals surface area contributed by atoms with Crippen molar-refractivity contribution in [3.8, 4) is 0 Å². The van der Waals surface area contributed by atoms with Gasteiger partial charge in [0, 0.05) is 43.6 Å². The first-order valence-corrected chi connectivity index (χ1v) is 7.65. The Labute approximate surface area is 127 Å². The highest BCUT2D eigenvalue weighted by Gasteiger charge is 2.10. The third kappa shape index (κ3) is 4.57. The molecule has 1 heterocycles. The van der Waals surface area contributed by atoms with Gasteiger partial charge >= 0.3 is 0 Å². The highest BCUT2D eigenvalue weighted by atomic mass is 15.1. The maximum Gasteiger partial charge on any atom is 0.0421 e. The number of para-hydroxylation sites is 1. The molecule has 1 unspecified atom stereocenters. The smallest absolute Gasteiger partial charge is 0.0421 e. The number of nitrogens with two attached hydrogens (primary N) is 1. The van der Waals surface area contributed by atoms with E-state index in [1.54, 1.807) is 0 Å². The Bertz CT molecular complexity index is 539. The van der Waals surface area contributed by atoms with E-state index in [1.807, 2.05) is 18.3 Å². The maximum absolute atomic E-state index is 6.11. The van der Waals surface area contributed by atoms with Gasteiger partial charge in [-0.3, -0.25) is 4.98 Å². The van der Waals surface area contributed by atoms with Crippen LogP contribution < -0.4 is 10.6 Å². The lowest BCUT2D eigenvalue weighted by molar-refractivity contribution is 0.645. The first-order valence-electron chi connectivity index (χ1n) is 7.65. The van der Waals surface area contributed by atoms with Crippen molar-refractivity contribution in [2.75, 3.05) is 18.5 Å². The van der Waals surface area contributed by atoms with Crippen LogP contribution in [-0.4, -0.2) is 24.6 Å². The van der Waals surface area contributed by atoms with Crippen molar-refractivity contribution in [1.82, 2.24) is 4.98 Å². The van der Waals surface area contributed by atoms with Crippen LogP contribution in [0.4, 0.5) is 5.69 Å². The van der Waals surface area contributed by atoms with Crippen molar-refractivity contribution >= 4 is 5.69 Å². The summed E-state index contributed by atoms with van der Waals surface area (Å²) >= 11 is 0. The van der Waals surface area contributed by atoms with Crippen molar-refractivity contribution in [2.45, 2.75) is 32.2 Å². The summed E-state index contributed by atoms with van der Waals surface area (Å²) in [5.74, 6) is 0. The molecule has 3 heteroatoms. The quantitative estimate of drug-likeness (QED) is 0.849. The molecule has 0 aliphatic rings. The van der Waals surface area contributed by atoms with Crippen molar-refractivity contribution < 1.29 is 0 Å². The zero-order chi connectivity index (χ0) is 15.1. The Morgan fingerprint density at radius 3 is 2.62 bits per heavy atom. The third-order valence-electron chi connectivity index (χ3n) is 3.84. The molecule has 0 bridgehead atoms.